The van der Waals surface area contributed by atoms with Crippen molar-refractivity contribution in [1.82, 2.24) is 15.1 Å². The quantitative estimate of drug-likeness (QED) is 0.745. The highest BCUT2D eigenvalue weighted by Gasteiger charge is 2.29. The van der Waals surface area contributed by atoms with Gasteiger partial charge in [0.05, 0.1) is 13.2 Å². The van der Waals surface area contributed by atoms with E-state index in [1.807, 2.05) is 60.7 Å². The number of benzene rings is 2. The molecule has 3 rings (SSSR count). The van der Waals surface area contributed by atoms with Crippen LogP contribution in [-0.4, -0.2) is 61.0 Å². The molecule has 0 aliphatic carbocycles. The van der Waals surface area contributed by atoms with Gasteiger partial charge in [-0.05, 0) is 11.1 Å². The van der Waals surface area contributed by atoms with Crippen molar-refractivity contribution in [3.63, 3.8) is 0 Å². The van der Waals surface area contributed by atoms with Crippen LogP contribution in [0, 0.1) is 0 Å². The van der Waals surface area contributed by atoms with Crippen LogP contribution in [0.2, 0.25) is 0 Å². The first kappa shape index (κ1) is 21.0. The molecule has 1 N–H and O–H groups in total. The third-order valence-corrected chi connectivity index (χ3v) is 5.11. The molecule has 1 heterocycles. The summed E-state index contributed by atoms with van der Waals surface area (Å²) in [4.78, 5) is 29.6. The fourth-order valence-corrected chi connectivity index (χ4v) is 3.53. The van der Waals surface area contributed by atoms with E-state index in [1.165, 1.54) is 6.92 Å². The van der Waals surface area contributed by atoms with Gasteiger partial charge in [0, 0.05) is 39.6 Å². The van der Waals surface area contributed by atoms with Gasteiger partial charge < -0.3 is 15.0 Å². The molecule has 2 amide bonds. The molecular formula is C23H29N3O3. The fraction of sp³-hybridized carbons (Fsp3) is 0.391. The average Bonchev–Trinajstić information content (AvgIpc) is 2.75. The zero-order valence-corrected chi connectivity index (χ0v) is 16.9. The lowest BCUT2D eigenvalue weighted by Gasteiger charge is -2.31. The van der Waals surface area contributed by atoms with Crippen molar-refractivity contribution in [2.75, 3.05) is 39.4 Å². The van der Waals surface area contributed by atoms with E-state index in [2.05, 4.69) is 10.2 Å². The van der Waals surface area contributed by atoms with E-state index in [4.69, 9.17) is 4.74 Å². The summed E-state index contributed by atoms with van der Waals surface area (Å²) in [5.74, 6) is -0.290. The molecule has 29 heavy (non-hydrogen) atoms. The van der Waals surface area contributed by atoms with Gasteiger partial charge in [-0.3, -0.25) is 14.5 Å². The number of rotatable bonds is 8. The van der Waals surface area contributed by atoms with E-state index in [-0.39, 0.29) is 11.8 Å². The first-order valence-electron chi connectivity index (χ1n) is 10.1. The standard InChI is InChI=1S/C23H29N3O3/c1-19(27)26(18-20-8-4-2-5-9-20)22(21-10-6-3-7-11-21)23(28)24-12-13-25-14-16-29-17-15-25/h2-11,22H,12-18H2,1H3,(H,24,28). The summed E-state index contributed by atoms with van der Waals surface area (Å²) in [6.07, 6.45) is 0. The Balaban J connectivity index is 1.73. The zero-order chi connectivity index (χ0) is 20.5. The van der Waals surface area contributed by atoms with Crippen LogP contribution in [-0.2, 0) is 20.9 Å². The van der Waals surface area contributed by atoms with Crippen molar-refractivity contribution in [3.05, 3.63) is 71.8 Å². The Morgan fingerprint density at radius 1 is 1.03 bits per heavy atom. The maximum Gasteiger partial charge on any atom is 0.247 e. The molecule has 1 saturated heterocycles. The molecular weight excluding hydrogens is 366 g/mol. The van der Waals surface area contributed by atoms with Gasteiger partial charge in [-0.25, -0.2) is 0 Å². The Bertz CT molecular complexity index is 776. The Morgan fingerprint density at radius 3 is 2.28 bits per heavy atom. The maximum absolute atomic E-state index is 13.2. The summed E-state index contributed by atoms with van der Waals surface area (Å²) in [6, 6.07) is 18.6. The Morgan fingerprint density at radius 2 is 1.66 bits per heavy atom. The summed E-state index contributed by atoms with van der Waals surface area (Å²) in [7, 11) is 0. The molecule has 2 aromatic carbocycles. The smallest absolute Gasteiger partial charge is 0.247 e. The van der Waals surface area contributed by atoms with Gasteiger partial charge in [0.1, 0.15) is 6.04 Å². The highest BCUT2D eigenvalue weighted by atomic mass is 16.5. The number of hydrogen-bond acceptors (Lipinski definition) is 4. The number of carbonyl (C=O) groups excluding carboxylic acids is 2. The first-order chi connectivity index (χ1) is 14.1. The largest absolute Gasteiger partial charge is 0.379 e. The van der Waals surface area contributed by atoms with E-state index in [9.17, 15) is 9.59 Å². The normalized spacial score (nSPS) is 15.5. The lowest BCUT2D eigenvalue weighted by molar-refractivity contribution is -0.140. The molecule has 0 saturated carbocycles. The molecule has 0 bridgehead atoms. The van der Waals surface area contributed by atoms with Crippen molar-refractivity contribution in [2.45, 2.75) is 19.5 Å². The van der Waals surface area contributed by atoms with Crippen LogP contribution in [0.5, 0.6) is 0 Å². The van der Waals surface area contributed by atoms with Crippen LogP contribution < -0.4 is 5.32 Å². The molecule has 0 spiro atoms. The van der Waals surface area contributed by atoms with E-state index in [0.717, 1.165) is 44.0 Å². The minimum Gasteiger partial charge on any atom is -0.379 e. The number of ether oxygens (including phenoxy) is 1. The molecule has 154 valence electrons. The molecule has 1 unspecified atom stereocenters. The number of nitrogens with one attached hydrogen (secondary N) is 1. The third-order valence-electron chi connectivity index (χ3n) is 5.11. The highest BCUT2D eigenvalue weighted by molar-refractivity contribution is 5.88. The molecule has 1 aliphatic rings. The van der Waals surface area contributed by atoms with Gasteiger partial charge in [0.25, 0.3) is 0 Å². The third kappa shape index (κ3) is 6.14. The number of nitrogens with zero attached hydrogens (tertiary/aromatic N) is 2. The zero-order valence-electron chi connectivity index (χ0n) is 16.9. The topological polar surface area (TPSA) is 61.9 Å². The monoisotopic (exact) mass is 395 g/mol. The summed E-state index contributed by atoms with van der Waals surface area (Å²) < 4.78 is 5.36. The van der Waals surface area contributed by atoms with Gasteiger partial charge >= 0.3 is 0 Å². The van der Waals surface area contributed by atoms with Crippen LogP contribution in [0.15, 0.2) is 60.7 Å². The average molecular weight is 396 g/mol. The van der Waals surface area contributed by atoms with Gasteiger partial charge in [-0.2, -0.15) is 0 Å². The lowest BCUT2D eigenvalue weighted by Crippen LogP contribution is -2.45. The minimum absolute atomic E-state index is 0.133. The first-order valence-corrected chi connectivity index (χ1v) is 10.1. The number of carbonyl (C=O) groups is 2. The van der Waals surface area contributed by atoms with Gasteiger partial charge in [-0.1, -0.05) is 60.7 Å². The summed E-state index contributed by atoms with van der Waals surface area (Å²) in [5, 5.41) is 3.03. The molecule has 1 aliphatic heterocycles. The summed E-state index contributed by atoms with van der Waals surface area (Å²) in [6.45, 7) is 6.43. The van der Waals surface area contributed by atoms with E-state index < -0.39 is 6.04 Å². The minimum atomic E-state index is -0.668. The molecule has 0 radical (unpaired) electrons. The second kappa shape index (κ2) is 10.7. The molecule has 1 fully saturated rings. The lowest BCUT2D eigenvalue weighted by atomic mass is 10.0. The molecule has 1 atom stereocenters. The van der Waals surface area contributed by atoms with Crippen molar-refractivity contribution in [2.24, 2.45) is 0 Å². The van der Waals surface area contributed by atoms with Crippen molar-refractivity contribution >= 4 is 11.8 Å². The van der Waals surface area contributed by atoms with Gasteiger partial charge in [0.15, 0.2) is 0 Å². The molecule has 6 nitrogen and oxygen atoms in total. The van der Waals surface area contributed by atoms with Crippen molar-refractivity contribution < 1.29 is 14.3 Å². The van der Waals surface area contributed by atoms with Crippen LogP contribution in [0.3, 0.4) is 0 Å². The van der Waals surface area contributed by atoms with E-state index >= 15 is 0 Å². The number of amides is 2. The van der Waals surface area contributed by atoms with E-state index in [1.54, 1.807) is 4.90 Å². The predicted octanol–water partition coefficient (Wildman–Crippen LogP) is 2.22. The van der Waals surface area contributed by atoms with Gasteiger partial charge in [0.2, 0.25) is 11.8 Å². The highest BCUT2D eigenvalue weighted by Crippen LogP contribution is 2.23. The number of morpholine rings is 1. The number of hydrogen-bond donors (Lipinski definition) is 1. The summed E-state index contributed by atoms with van der Waals surface area (Å²) >= 11 is 0. The maximum atomic E-state index is 13.2. The van der Waals surface area contributed by atoms with Crippen LogP contribution in [0.25, 0.3) is 0 Å². The molecule has 0 aromatic heterocycles. The second-order valence-corrected chi connectivity index (χ2v) is 7.19. The van der Waals surface area contributed by atoms with Crippen LogP contribution in [0.4, 0.5) is 0 Å². The SMILES string of the molecule is CC(=O)N(Cc1ccccc1)C(C(=O)NCCN1CCOCC1)c1ccccc1. The van der Waals surface area contributed by atoms with Crippen LogP contribution in [0.1, 0.15) is 24.1 Å². The fourth-order valence-electron chi connectivity index (χ4n) is 3.53. The molecule has 6 heteroatoms. The van der Waals surface area contributed by atoms with Gasteiger partial charge in [-0.15, -0.1) is 0 Å². The Hall–Kier alpha value is -2.70. The van der Waals surface area contributed by atoms with Crippen molar-refractivity contribution in [1.29, 1.82) is 0 Å². The van der Waals surface area contributed by atoms with Crippen molar-refractivity contribution in [3.8, 4) is 0 Å². The van der Waals surface area contributed by atoms with Crippen LogP contribution >= 0.6 is 0 Å². The molecule has 2 aromatic rings. The van der Waals surface area contributed by atoms with E-state index in [0.29, 0.717) is 13.1 Å². The Kier molecular flexibility index (Phi) is 7.78. The second-order valence-electron chi connectivity index (χ2n) is 7.19. The summed E-state index contributed by atoms with van der Waals surface area (Å²) in [5.41, 5.74) is 1.80. The Labute approximate surface area is 172 Å². The predicted molar refractivity (Wildman–Crippen MR) is 112 cm³/mol.